The summed E-state index contributed by atoms with van der Waals surface area (Å²) >= 11 is 0. The second kappa shape index (κ2) is 11.6. The second-order valence-electron chi connectivity index (χ2n) is 8.89. The Morgan fingerprint density at radius 3 is 2.08 bits per heavy atom. The first-order chi connectivity index (χ1) is 17.2. The van der Waals surface area contributed by atoms with Crippen LogP contribution in [-0.2, 0) is 30.4 Å². The van der Waals surface area contributed by atoms with Crippen molar-refractivity contribution in [3.05, 3.63) is 78.0 Å². The van der Waals surface area contributed by atoms with E-state index in [1.807, 2.05) is 50.2 Å². The Morgan fingerprint density at radius 1 is 1.00 bits per heavy atom. The maximum absolute atomic E-state index is 14.1. The molecular formula is C27H32N4O5. The zero-order valence-electron chi connectivity index (χ0n) is 21.2. The molecule has 1 unspecified atom stereocenters. The predicted octanol–water partition coefficient (Wildman–Crippen LogP) is 2.75. The Bertz CT molecular complexity index is 1130. The van der Waals surface area contributed by atoms with Gasteiger partial charge >= 0.3 is 0 Å². The molecule has 9 heteroatoms. The molecule has 0 radical (unpaired) electrons. The lowest BCUT2D eigenvalue weighted by atomic mass is 9.97. The van der Waals surface area contributed by atoms with E-state index >= 15 is 0 Å². The zero-order chi connectivity index (χ0) is 26.4. The average molecular weight is 493 g/mol. The lowest BCUT2D eigenvalue weighted by Gasteiger charge is -2.46. The van der Waals surface area contributed by atoms with Gasteiger partial charge in [-0.05, 0) is 11.5 Å². The van der Waals surface area contributed by atoms with E-state index < -0.39 is 29.8 Å². The minimum absolute atomic E-state index is 0.129. The summed E-state index contributed by atoms with van der Waals surface area (Å²) in [6.07, 6.45) is 1.71. The molecule has 36 heavy (non-hydrogen) atoms. The summed E-state index contributed by atoms with van der Waals surface area (Å²) in [4.78, 5) is 59.3. The van der Waals surface area contributed by atoms with Crippen molar-refractivity contribution < 1.29 is 24.0 Å². The van der Waals surface area contributed by atoms with E-state index in [2.05, 4.69) is 5.48 Å². The number of rotatable bonds is 8. The van der Waals surface area contributed by atoms with Gasteiger partial charge in [0.25, 0.3) is 11.8 Å². The highest BCUT2D eigenvalue weighted by atomic mass is 16.6. The fraction of sp³-hybridized carbons (Fsp3) is 0.333. The SMILES string of the molecule is CONC(=O)[C@H](Cc1ccccc1)N(C(C)=O)N1C(=O)C(C(C)C)N(C(C)=O)C=C1c1ccccc1. The van der Waals surface area contributed by atoms with Gasteiger partial charge in [-0.1, -0.05) is 74.5 Å². The van der Waals surface area contributed by atoms with E-state index in [9.17, 15) is 19.2 Å². The molecule has 1 heterocycles. The Morgan fingerprint density at radius 2 is 1.58 bits per heavy atom. The van der Waals surface area contributed by atoms with E-state index in [4.69, 9.17) is 4.84 Å². The van der Waals surface area contributed by atoms with Crippen molar-refractivity contribution in [2.45, 2.75) is 46.2 Å². The fourth-order valence-corrected chi connectivity index (χ4v) is 4.35. The number of nitrogens with zero attached hydrogens (tertiary/aromatic N) is 3. The number of hydroxylamine groups is 1. The lowest BCUT2D eigenvalue weighted by molar-refractivity contribution is -0.170. The Hall–Kier alpha value is -3.98. The molecule has 1 aliphatic rings. The van der Waals surface area contributed by atoms with Crippen molar-refractivity contribution >= 4 is 29.3 Å². The summed E-state index contributed by atoms with van der Waals surface area (Å²) in [6.45, 7) is 6.35. The minimum Gasteiger partial charge on any atom is -0.304 e. The quantitative estimate of drug-likeness (QED) is 0.572. The standard InChI is InChI=1S/C27H32N4O5/c1-18(2)25-27(35)31(24(17-29(25)19(3)32)22-14-10-7-11-15-22)30(20(4)33)23(26(34)28-36-5)16-21-12-8-6-9-13-21/h6-15,17-18,23,25H,16H2,1-5H3,(H,28,34)/t23-,25?/m0/s1. The van der Waals surface area contributed by atoms with Crippen LogP contribution in [0.1, 0.15) is 38.8 Å². The summed E-state index contributed by atoms with van der Waals surface area (Å²) in [7, 11) is 1.30. The number of hydrogen-bond donors (Lipinski definition) is 1. The highest BCUT2D eigenvalue weighted by molar-refractivity contribution is 5.99. The first-order valence-electron chi connectivity index (χ1n) is 11.7. The van der Waals surface area contributed by atoms with Gasteiger partial charge in [-0.2, -0.15) is 0 Å². The van der Waals surface area contributed by atoms with Crippen LogP contribution in [0.25, 0.3) is 5.70 Å². The summed E-state index contributed by atoms with van der Waals surface area (Å²) < 4.78 is 0. The largest absolute Gasteiger partial charge is 0.304 e. The highest BCUT2D eigenvalue weighted by Gasteiger charge is 2.45. The normalized spacial score (nSPS) is 16.4. The molecule has 3 rings (SSSR count). The van der Waals surface area contributed by atoms with Gasteiger partial charge in [0.2, 0.25) is 11.8 Å². The van der Waals surface area contributed by atoms with Gasteiger partial charge in [0.15, 0.2) is 0 Å². The van der Waals surface area contributed by atoms with Crippen LogP contribution < -0.4 is 5.48 Å². The Balaban J connectivity index is 2.23. The van der Waals surface area contributed by atoms with Crippen LogP contribution in [0, 0.1) is 5.92 Å². The van der Waals surface area contributed by atoms with Crippen molar-refractivity contribution in [1.82, 2.24) is 20.4 Å². The molecule has 0 spiro atoms. The maximum atomic E-state index is 14.1. The van der Waals surface area contributed by atoms with Crippen LogP contribution in [0.4, 0.5) is 0 Å². The van der Waals surface area contributed by atoms with Gasteiger partial charge in [-0.15, -0.1) is 0 Å². The van der Waals surface area contributed by atoms with E-state index in [1.54, 1.807) is 30.5 Å². The molecule has 190 valence electrons. The Kier molecular flexibility index (Phi) is 8.60. The number of amides is 4. The van der Waals surface area contributed by atoms with Crippen LogP contribution in [0.5, 0.6) is 0 Å². The highest BCUT2D eigenvalue weighted by Crippen LogP contribution is 2.33. The van der Waals surface area contributed by atoms with Gasteiger partial charge < -0.3 is 4.90 Å². The summed E-state index contributed by atoms with van der Waals surface area (Å²) in [5.41, 5.74) is 4.03. The monoisotopic (exact) mass is 492 g/mol. The number of hydrazine groups is 1. The van der Waals surface area contributed by atoms with E-state index in [0.29, 0.717) is 11.3 Å². The molecule has 2 atom stereocenters. The molecule has 0 bridgehead atoms. The molecule has 4 amide bonds. The van der Waals surface area contributed by atoms with Crippen molar-refractivity contribution in [3.8, 4) is 0 Å². The van der Waals surface area contributed by atoms with Crippen LogP contribution in [-0.4, -0.2) is 57.7 Å². The number of hydrogen-bond acceptors (Lipinski definition) is 5. The lowest BCUT2D eigenvalue weighted by Crippen LogP contribution is -2.64. The van der Waals surface area contributed by atoms with Crippen molar-refractivity contribution in [2.24, 2.45) is 5.92 Å². The molecule has 0 fully saturated rings. The molecule has 2 aromatic rings. The number of carbonyl (C=O) groups is 4. The van der Waals surface area contributed by atoms with Crippen molar-refractivity contribution in [1.29, 1.82) is 0 Å². The van der Waals surface area contributed by atoms with Crippen molar-refractivity contribution in [3.63, 3.8) is 0 Å². The van der Waals surface area contributed by atoms with Crippen molar-refractivity contribution in [2.75, 3.05) is 7.11 Å². The molecule has 0 saturated heterocycles. The molecule has 0 saturated carbocycles. The molecule has 1 aliphatic heterocycles. The maximum Gasteiger partial charge on any atom is 0.269 e. The topological polar surface area (TPSA) is 99.3 Å². The predicted molar refractivity (Wildman–Crippen MR) is 134 cm³/mol. The van der Waals surface area contributed by atoms with E-state index in [1.165, 1.54) is 30.9 Å². The van der Waals surface area contributed by atoms with Crippen LogP contribution in [0.2, 0.25) is 0 Å². The van der Waals surface area contributed by atoms with Gasteiger partial charge in [0.1, 0.15) is 12.1 Å². The smallest absolute Gasteiger partial charge is 0.269 e. The average Bonchev–Trinajstić information content (AvgIpc) is 2.84. The third kappa shape index (κ3) is 5.63. The van der Waals surface area contributed by atoms with Gasteiger partial charge in [0.05, 0.1) is 12.8 Å². The minimum atomic E-state index is -1.11. The Labute approximate surface area is 211 Å². The van der Waals surface area contributed by atoms with E-state index in [0.717, 1.165) is 10.6 Å². The van der Waals surface area contributed by atoms with Crippen LogP contribution in [0.15, 0.2) is 66.9 Å². The molecular weight excluding hydrogens is 460 g/mol. The molecule has 0 aliphatic carbocycles. The number of benzene rings is 2. The van der Waals surface area contributed by atoms with Gasteiger partial charge in [0, 0.05) is 32.0 Å². The number of nitrogens with one attached hydrogen (secondary N) is 1. The molecule has 1 N–H and O–H groups in total. The van der Waals surface area contributed by atoms with Crippen LogP contribution in [0.3, 0.4) is 0 Å². The summed E-state index contributed by atoms with van der Waals surface area (Å²) in [6, 6.07) is 16.2. The molecule has 0 aromatic heterocycles. The van der Waals surface area contributed by atoms with E-state index in [-0.39, 0.29) is 18.2 Å². The third-order valence-electron chi connectivity index (χ3n) is 5.93. The first-order valence-corrected chi connectivity index (χ1v) is 11.7. The molecule has 9 nitrogen and oxygen atoms in total. The van der Waals surface area contributed by atoms with Crippen LogP contribution >= 0.6 is 0 Å². The van der Waals surface area contributed by atoms with Gasteiger partial charge in [-0.25, -0.2) is 15.5 Å². The summed E-state index contributed by atoms with van der Waals surface area (Å²) in [5, 5.41) is 2.40. The zero-order valence-corrected chi connectivity index (χ0v) is 21.2. The van der Waals surface area contributed by atoms with Gasteiger partial charge in [-0.3, -0.25) is 24.0 Å². The third-order valence-corrected chi connectivity index (χ3v) is 5.93. The molecule has 2 aromatic carbocycles. The second-order valence-corrected chi connectivity index (χ2v) is 8.89. The number of carbonyl (C=O) groups excluding carboxylic acids is 4. The summed E-state index contributed by atoms with van der Waals surface area (Å²) in [5.74, 6) is -2.16. The fourth-order valence-electron chi connectivity index (χ4n) is 4.35. The first kappa shape index (κ1) is 26.6.